The first-order valence-electron chi connectivity index (χ1n) is 9.08. The quantitative estimate of drug-likeness (QED) is 0.808. The lowest BCUT2D eigenvalue weighted by atomic mass is 10.1. The van der Waals surface area contributed by atoms with Crippen molar-refractivity contribution in [3.8, 4) is 0 Å². The van der Waals surface area contributed by atoms with Crippen molar-refractivity contribution in [2.45, 2.75) is 50.9 Å². The van der Waals surface area contributed by atoms with E-state index in [4.69, 9.17) is 9.47 Å². The van der Waals surface area contributed by atoms with Gasteiger partial charge in [-0.1, -0.05) is 0 Å². The average Bonchev–Trinajstić information content (AvgIpc) is 3.05. The van der Waals surface area contributed by atoms with Crippen LogP contribution in [0.2, 0.25) is 0 Å². The van der Waals surface area contributed by atoms with Crippen LogP contribution in [0.1, 0.15) is 44.4 Å². The molecule has 0 radical (unpaired) electrons. The molecule has 3 atom stereocenters. The van der Waals surface area contributed by atoms with E-state index in [1.165, 1.54) is 0 Å². The third-order valence-corrected chi connectivity index (χ3v) is 4.81. The van der Waals surface area contributed by atoms with Crippen LogP contribution in [0.5, 0.6) is 0 Å². The number of amides is 1. The topological polar surface area (TPSA) is 67.8 Å². The van der Waals surface area contributed by atoms with Gasteiger partial charge in [-0.3, -0.25) is 4.79 Å². The molecule has 1 aromatic rings. The predicted molar refractivity (Wildman–Crippen MR) is 94.4 cm³/mol. The summed E-state index contributed by atoms with van der Waals surface area (Å²) in [5.41, 5.74) is 0.823. The maximum atomic E-state index is 12.6. The van der Waals surface area contributed by atoms with Gasteiger partial charge in [-0.25, -0.2) is 9.97 Å². The Morgan fingerprint density at radius 2 is 2.24 bits per heavy atom. The van der Waals surface area contributed by atoms with Crippen molar-refractivity contribution in [1.29, 1.82) is 0 Å². The number of hydrogen-bond donors (Lipinski definition) is 0. The van der Waals surface area contributed by atoms with Gasteiger partial charge >= 0.3 is 0 Å². The summed E-state index contributed by atoms with van der Waals surface area (Å²) in [4.78, 5) is 25.1. The zero-order valence-corrected chi connectivity index (χ0v) is 15.4. The van der Waals surface area contributed by atoms with E-state index in [9.17, 15) is 4.79 Å². The molecule has 0 saturated carbocycles. The molecule has 7 nitrogen and oxygen atoms in total. The van der Waals surface area contributed by atoms with E-state index in [1.54, 1.807) is 6.20 Å². The number of hydrogen-bond acceptors (Lipinski definition) is 6. The summed E-state index contributed by atoms with van der Waals surface area (Å²) in [6, 6.07) is 1.86. The molecule has 0 aliphatic carbocycles. The molecule has 25 heavy (non-hydrogen) atoms. The molecule has 2 aliphatic rings. The molecule has 1 aromatic heterocycles. The lowest BCUT2D eigenvalue weighted by Crippen LogP contribution is -2.42. The number of nitrogens with zero attached hydrogens (tertiary/aromatic N) is 4. The summed E-state index contributed by atoms with van der Waals surface area (Å²) >= 11 is 0. The van der Waals surface area contributed by atoms with Gasteiger partial charge < -0.3 is 19.3 Å². The van der Waals surface area contributed by atoms with Gasteiger partial charge in [0.25, 0.3) is 0 Å². The SMILES string of the molecule is C[C@@H]1CC[C@@H](CCC(=O)N2CCO[C@@H](c3ccnc(N(C)C)n3)C2)O1. The Balaban J connectivity index is 1.55. The van der Waals surface area contributed by atoms with Gasteiger partial charge in [0.2, 0.25) is 11.9 Å². The standard InChI is InChI=1S/C18H28N4O3/c1-13-4-5-14(25-13)6-7-17(23)22-10-11-24-16(12-22)15-8-9-19-18(20-15)21(2)3/h8-9,13-14,16H,4-7,10-12H2,1-3H3/t13-,14+,16-/m1/s1. The highest BCUT2D eigenvalue weighted by molar-refractivity contribution is 5.76. The number of rotatable bonds is 5. The van der Waals surface area contributed by atoms with E-state index in [0.29, 0.717) is 38.2 Å². The molecular formula is C18H28N4O3. The molecule has 2 fully saturated rings. The summed E-state index contributed by atoms with van der Waals surface area (Å²) < 4.78 is 11.7. The minimum atomic E-state index is -0.192. The van der Waals surface area contributed by atoms with Gasteiger partial charge in [0.05, 0.1) is 31.1 Å². The van der Waals surface area contributed by atoms with Crippen molar-refractivity contribution in [2.75, 3.05) is 38.7 Å². The van der Waals surface area contributed by atoms with Crippen molar-refractivity contribution < 1.29 is 14.3 Å². The van der Waals surface area contributed by atoms with Gasteiger partial charge in [-0.15, -0.1) is 0 Å². The van der Waals surface area contributed by atoms with Crippen LogP contribution >= 0.6 is 0 Å². The zero-order chi connectivity index (χ0) is 17.8. The first-order chi connectivity index (χ1) is 12.0. The minimum absolute atomic E-state index is 0.179. The van der Waals surface area contributed by atoms with E-state index in [1.807, 2.05) is 30.0 Å². The highest BCUT2D eigenvalue weighted by Crippen LogP contribution is 2.25. The Hall–Kier alpha value is -1.73. The molecule has 2 aliphatic heterocycles. The Morgan fingerprint density at radius 1 is 1.40 bits per heavy atom. The Morgan fingerprint density at radius 3 is 2.96 bits per heavy atom. The number of carbonyl (C=O) groups excluding carboxylic acids is 1. The molecule has 0 aromatic carbocycles. The lowest BCUT2D eigenvalue weighted by Gasteiger charge is -2.33. The first kappa shape index (κ1) is 18.1. The third-order valence-electron chi connectivity index (χ3n) is 4.81. The van der Waals surface area contributed by atoms with Crippen LogP contribution < -0.4 is 4.90 Å². The van der Waals surface area contributed by atoms with E-state index in [-0.39, 0.29) is 18.1 Å². The molecule has 7 heteroatoms. The van der Waals surface area contributed by atoms with Crippen LogP contribution in [-0.4, -0.2) is 66.8 Å². The summed E-state index contributed by atoms with van der Waals surface area (Å²) in [6.07, 6.45) is 5.62. The molecule has 0 N–H and O–H groups in total. The predicted octanol–water partition coefficient (Wildman–Crippen LogP) is 1.79. The van der Waals surface area contributed by atoms with E-state index < -0.39 is 0 Å². The molecule has 3 heterocycles. The summed E-state index contributed by atoms with van der Waals surface area (Å²) in [5.74, 6) is 0.829. The van der Waals surface area contributed by atoms with Gasteiger partial charge in [-0.05, 0) is 32.3 Å². The Labute approximate surface area is 149 Å². The van der Waals surface area contributed by atoms with Gasteiger partial charge in [-0.2, -0.15) is 0 Å². The summed E-state index contributed by atoms with van der Waals surface area (Å²) in [6.45, 7) is 3.82. The van der Waals surface area contributed by atoms with Crippen LogP contribution in [-0.2, 0) is 14.3 Å². The van der Waals surface area contributed by atoms with Crippen molar-refractivity contribution >= 4 is 11.9 Å². The van der Waals surface area contributed by atoms with Crippen LogP contribution in [0.25, 0.3) is 0 Å². The van der Waals surface area contributed by atoms with Crippen molar-refractivity contribution in [2.24, 2.45) is 0 Å². The molecule has 0 unspecified atom stereocenters. The van der Waals surface area contributed by atoms with Crippen LogP contribution in [0.3, 0.4) is 0 Å². The summed E-state index contributed by atoms with van der Waals surface area (Å²) in [7, 11) is 3.81. The third kappa shape index (κ3) is 4.67. The van der Waals surface area contributed by atoms with E-state index in [0.717, 1.165) is 25.0 Å². The molecule has 138 valence electrons. The van der Waals surface area contributed by atoms with E-state index in [2.05, 4.69) is 16.9 Å². The van der Waals surface area contributed by atoms with Crippen LogP contribution in [0.15, 0.2) is 12.3 Å². The molecular weight excluding hydrogens is 320 g/mol. The fourth-order valence-electron chi connectivity index (χ4n) is 3.35. The van der Waals surface area contributed by atoms with Crippen molar-refractivity contribution in [3.63, 3.8) is 0 Å². The molecule has 3 rings (SSSR count). The van der Waals surface area contributed by atoms with Crippen LogP contribution in [0.4, 0.5) is 5.95 Å². The number of morpholine rings is 1. The second-order valence-electron chi connectivity index (χ2n) is 7.06. The summed E-state index contributed by atoms with van der Waals surface area (Å²) in [5, 5.41) is 0. The minimum Gasteiger partial charge on any atom is -0.375 e. The van der Waals surface area contributed by atoms with Crippen molar-refractivity contribution in [1.82, 2.24) is 14.9 Å². The maximum absolute atomic E-state index is 12.6. The average molecular weight is 348 g/mol. The van der Waals surface area contributed by atoms with Gasteiger partial charge in [0, 0.05) is 33.3 Å². The van der Waals surface area contributed by atoms with Gasteiger partial charge in [0.1, 0.15) is 6.10 Å². The number of carbonyl (C=O) groups is 1. The van der Waals surface area contributed by atoms with Crippen LogP contribution in [0, 0.1) is 0 Å². The van der Waals surface area contributed by atoms with Crippen molar-refractivity contribution in [3.05, 3.63) is 18.0 Å². The fourth-order valence-corrected chi connectivity index (χ4v) is 3.35. The largest absolute Gasteiger partial charge is 0.375 e. The highest BCUT2D eigenvalue weighted by atomic mass is 16.5. The number of ether oxygens (including phenoxy) is 2. The number of anilines is 1. The highest BCUT2D eigenvalue weighted by Gasteiger charge is 2.28. The molecule has 2 saturated heterocycles. The number of aromatic nitrogens is 2. The first-order valence-corrected chi connectivity index (χ1v) is 9.08. The zero-order valence-electron chi connectivity index (χ0n) is 15.4. The second-order valence-corrected chi connectivity index (χ2v) is 7.06. The van der Waals surface area contributed by atoms with E-state index >= 15 is 0 Å². The smallest absolute Gasteiger partial charge is 0.225 e. The molecule has 0 spiro atoms. The maximum Gasteiger partial charge on any atom is 0.225 e. The Bertz CT molecular complexity index is 595. The monoisotopic (exact) mass is 348 g/mol. The Kier molecular flexibility index (Phi) is 5.86. The van der Waals surface area contributed by atoms with Gasteiger partial charge in [0.15, 0.2) is 0 Å². The second kappa shape index (κ2) is 8.10. The molecule has 1 amide bonds. The lowest BCUT2D eigenvalue weighted by molar-refractivity contribution is -0.139. The fraction of sp³-hybridized carbons (Fsp3) is 0.722. The normalized spacial score (nSPS) is 26.7. The molecule has 0 bridgehead atoms.